The van der Waals surface area contributed by atoms with Crippen molar-refractivity contribution in [2.24, 2.45) is 16.8 Å². The first-order valence-corrected chi connectivity index (χ1v) is 8.40. The van der Waals surface area contributed by atoms with E-state index in [9.17, 15) is 0 Å². The van der Waals surface area contributed by atoms with E-state index < -0.39 is 0 Å². The van der Waals surface area contributed by atoms with Gasteiger partial charge in [0.15, 0.2) is 5.96 Å². The van der Waals surface area contributed by atoms with Crippen LogP contribution in [0.1, 0.15) is 52.4 Å². The normalized spacial score (nSPS) is 26.1. The van der Waals surface area contributed by atoms with Crippen molar-refractivity contribution in [3.05, 3.63) is 0 Å². The molecule has 2 fully saturated rings. The monoisotopic (exact) mass is 409 g/mol. The summed E-state index contributed by atoms with van der Waals surface area (Å²) in [6, 6.07) is 0.587. The summed E-state index contributed by atoms with van der Waals surface area (Å²) >= 11 is 0. The lowest BCUT2D eigenvalue weighted by atomic mass is 9.87. The van der Waals surface area contributed by atoms with Crippen molar-refractivity contribution in [1.29, 1.82) is 0 Å². The summed E-state index contributed by atoms with van der Waals surface area (Å²) in [6.07, 6.45) is 7.96. The Morgan fingerprint density at radius 1 is 1.24 bits per heavy atom. The largest absolute Gasteiger partial charge is 0.379 e. The molecule has 0 aliphatic heterocycles. The van der Waals surface area contributed by atoms with E-state index in [4.69, 9.17) is 4.74 Å². The van der Waals surface area contributed by atoms with Gasteiger partial charge in [-0.2, -0.15) is 0 Å². The maximum absolute atomic E-state index is 5.63. The van der Waals surface area contributed by atoms with Gasteiger partial charge in [0.2, 0.25) is 0 Å². The minimum absolute atomic E-state index is 0. The minimum Gasteiger partial charge on any atom is -0.379 e. The van der Waals surface area contributed by atoms with Crippen LogP contribution >= 0.6 is 24.0 Å². The molecule has 2 atom stereocenters. The minimum atomic E-state index is 0. The van der Waals surface area contributed by atoms with Crippen LogP contribution in [0.4, 0.5) is 0 Å². The third-order valence-electron chi connectivity index (χ3n) is 4.18. The average molecular weight is 409 g/mol. The third-order valence-corrected chi connectivity index (χ3v) is 4.18. The summed E-state index contributed by atoms with van der Waals surface area (Å²) in [5, 5.41) is 6.92. The molecular weight excluding hydrogens is 377 g/mol. The second-order valence-corrected chi connectivity index (χ2v) is 6.39. The summed E-state index contributed by atoms with van der Waals surface area (Å²) in [6.45, 7) is 7.81. The van der Waals surface area contributed by atoms with Gasteiger partial charge in [-0.25, -0.2) is 0 Å². The first-order valence-electron chi connectivity index (χ1n) is 8.40. The maximum atomic E-state index is 5.63. The first-order chi connectivity index (χ1) is 9.78. The highest BCUT2D eigenvalue weighted by molar-refractivity contribution is 14.0. The van der Waals surface area contributed by atoms with Gasteiger partial charge >= 0.3 is 0 Å². The topological polar surface area (TPSA) is 45.7 Å². The molecule has 4 nitrogen and oxygen atoms in total. The molecule has 2 saturated carbocycles. The molecule has 0 saturated heterocycles. The predicted octanol–water partition coefficient (Wildman–Crippen LogP) is 3.16. The standard InChI is InChI=1S/C16H31N3O.HI/c1-3-17-16(18-9-10-20-12-14-7-8-14)19-15-6-4-5-13(2)11-15;/h13-15H,3-12H2,1-2H3,(H2,17,18,19);1H. The van der Waals surface area contributed by atoms with Crippen LogP contribution in [0.15, 0.2) is 4.99 Å². The SMILES string of the molecule is CCNC(=NCCOCC1CC1)NC1CCCC(C)C1.I. The lowest BCUT2D eigenvalue weighted by molar-refractivity contribution is 0.131. The number of guanidine groups is 1. The van der Waals surface area contributed by atoms with Crippen LogP contribution in [0.25, 0.3) is 0 Å². The molecule has 2 rings (SSSR count). The molecule has 0 heterocycles. The molecule has 0 bridgehead atoms. The van der Waals surface area contributed by atoms with E-state index in [1.807, 2.05) is 0 Å². The summed E-state index contributed by atoms with van der Waals surface area (Å²) in [5.41, 5.74) is 0. The number of ether oxygens (including phenoxy) is 1. The van der Waals surface area contributed by atoms with E-state index in [2.05, 4.69) is 29.5 Å². The summed E-state index contributed by atoms with van der Waals surface area (Å²) in [5.74, 6) is 2.64. The smallest absolute Gasteiger partial charge is 0.191 e. The van der Waals surface area contributed by atoms with Crippen LogP contribution in [0, 0.1) is 11.8 Å². The average Bonchev–Trinajstić information content (AvgIpc) is 3.22. The highest BCUT2D eigenvalue weighted by Crippen LogP contribution is 2.28. The quantitative estimate of drug-likeness (QED) is 0.294. The fourth-order valence-electron chi connectivity index (χ4n) is 2.84. The van der Waals surface area contributed by atoms with Crippen molar-refractivity contribution < 1.29 is 4.74 Å². The Labute approximate surface area is 146 Å². The molecule has 0 aromatic carbocycles. The van der Waals surface area contributed by atoms with Crippen LogP contribution in [-0.2, 0) is 4.74 Å². The Hall–Kier alpha value is -0.0400. The molecule has 2 aliphatic rings. The van der Waals surface area contributed by atoms with Crippen molar-refractivity contribution >= 4 is 29.9 Å². The van der Waals surface area contributed by atoms with Gasteiger partial charge < -0.3 is 15.4 Å². The van der Waals surface area contributed by atoms with Crippen molar-refractivity contribution in [1.82, 2.24) is 10.6 Å². The Balaban J connectivity index is 0.00000220. The molecule has 124 valence electrons. The van der Waals surface area contributed by atoms with Gasteiger partial charge in [0, 0.05) is 19.2 Å². The molecule has 0 aromatic heterocycles. The molecule has 0 amide bonds. The Bertz CT molecular complexity index is 308. The fraction of sp³-hybridized carbons (Fsp3) is 0.938. The van der Waals surface area contributed by atoms with Crippen LogP contribution in [0.3, 0.4) is 0 Å². The molecule has 2 aliphatic carbocycles. The van der Waals surface area contributed by atoms with Gasteiger partial charge in [-0.3, -0.25) is 4.99 Å². The zero-order chi connectivity index (χ0) is 14.2. The molecule has 21 heavy (non-hydrogen) atoms. The van der Waals surface area contributed by atoms with E-state index >= 15 is 0 Å². The van der Waals surface area contributed by atoms with Crippen molar-refractivity contribution in [3.63, 3.8) is 0 Å². The Morgan fingerprint density at radius 2 is 2.05 bits per heavy atom. The van der Waals surface area contributed by atoms with E-state index in [0.29, 0.717) is 6.04 Å². The predicted molar refractivity (Wildman–Crippen MR) is 99.5 cm³/mol. The lowest BCUT2D eigenvalue weighted by Crippen LogP contribution is -2.45. The zero-order valence-electron chi connectivity index (χ0n) is 13.6. The van der Waals surface area contributed by atoms with Crippen molar-refractivity contribution in [2.75, 3.05) is 26.3 Å². The number of halogens is 1. The Morgan fingerprint density at radius 3 is 2.71 bits per heavy atom. The fourth-order valence-corrected chi connectivity index (χ4v) is 2.84. The van der Waals surface area contributed by atoms with Crippen molar-refractivity contribution in [2.45, 2.75) is 58.4 Å². The van der Waals surface area contributed by atoms with Crippen LogP contribution in [0.2, 0.25) is 0 Å². The number of hydrogen-bond donors (Lipinski definition) is 2. The molecule has 5 heteroatoms. The zero-order valence-corrected chi connectivity index (χ0v) is 15.9. The number of hydrogen-bond acceptors (Lipinski definition) is 2. The molecule has 0 radical (unpaired) electrons. The van der Waals surface area contributed by atoms with E-state index in [1.165, 1.54) is 38.5 Å². The number of aliphatic imine (C=N–C) groups is 1. The second kappa shape index (κ2) is 10.6. The van der Waals surface area contributed by atoms with Gasteiger partial charge in [-0.1, -0.05) is 19.8 Å². The van der Waals surface area contributed by atoms with Gasteiger partial charge in [0.1, 0.15) is 0 Å². The van der Waals surface area contributed by atoms with Gasteiger partial charge in [-0.15, -0.1) is 24.0 Å². The van der Waals surface area contributed by atoms with Crippen LogP contribution in [0.5, 0.6) is 0 Å². The summed E-state index contributed by atoms with van der Waals surface area (Å²) < 4.78 is 5.63. The number of nitrogens with one attached hydrogen (secondary N) is 2. The lowest BCUT2D eigenvalue weighted by Gasteiger charge is -2.28. The second-order valence-electron chi connectivity index (χ2n) is 6.39. The van der Waals surface area contributed by atoms with E-state index in [0.717, 1.165) is 44.1 Å². The molecule has 2 N–H and O–H groups in total. The van der Waals surface area contributed by atoms with Crippen LogP contribution in [-0.4, -0.2) is 38.3 Å². The molecule has 0 spiro atoms. The van der Waals surface area contributed by atoms with E-state index in [-0.39, 0.29) is 24.0 Å². The van der Waals surface area contributed by atoms with Gasteiger partial charge in [0.25, 0.3) is 0 Å². The number of rotatable bonds is 7. The summed E-state index contributed by atoms with van der Waals surface area (Å²) in [7, 11) is 0. The molecule has 2 unspecified atom stereocenters. The summed E-state index contributed by atoms with van der Waals surface area (Å²) in [4.78, 5) is 4.62. The number of nitrogens with zero attached hydrogens (tertiary/aromatic N) is 1. The molecular formula is C16H32IN3O. The highest BCUT2D eigenvalue weighted by Gasteiger charge is 2.21. The Kier molecular flexibility index (Phi) is 9.64. The highest BCUT2D eigenvalue weighted by atomic mass is 127. The maximum Gasteiger partial charge on any atom is 0.191 e. The van der Waals surface area contributed by atoms with Gasteiger partial charge in [-0.05, 0) is 44.4 Å². The first kappa shape index (κ1) is 19.0. The van der Waals surface area contributed by atoms with Crippen molar-refractivity contribution in [3.8, 4) is 0 Å². The molecule has 0 aromatic rings. The third kappa shape index (κ3) is 8.24. The van der Waals surface area contributed by atoms with Gasteiger partial charge in [0.05, 0.1) is 13.2 Å². The van der Waals surface area contributed by atoms with Crippen LogP contribution < -0.4 is 10.6 Å². The van der Waals surface area contributed by atoms with E-state index in [1.54, 1.807) is 0 Å².